The van der Waals surface area contributed by atoms with Crippen LogP contribution in [0.3, 0.4) is 0 Å². The van der Waals surface area contributed by atoms with Crippen LogP contribution in [0.4, 0.5) is 0 Å². The molecule has 0 bridgehead atoms. The number of nitrogens with zero attached hydrogens (tertiary/aromatic N) is 6. The molecule has 0 aliphatic heterocycles. The molecule has 0 N–H and O–H groups in total. The first-order valence-corrected chi connectivity index (χ1v) is 19.2. The molecule has 7 aromatic carbocycles. The average molecular weight is 777 g/mol. The van der Waals surface area contributed by atoms with Gasteiger partial charge in [-0.2, -0.15) is 0 Å². The number of hydrogen-bond acceptors (Lipinski definition) is 10. The predicted octanol–water partition coefficient (Wildman–Crippen LogP) is 10.6. The molecule has 0 saturated heterocycles. The van der Waals surface area contributed by atoms with Gasteiger partial charge in [0, 0.05) is 33.4 Å². The Bertz CT molecular complexity index is 3460. The van der Waals surface area contributed by atoms with Gasteiger partial charge >= 0.3 is 0 Å². The minimum atomic E-state index is -0.333. The second-order valence-corrected chi connectivity index (χ2v) is 14.2. The predicted molar refractivity (Wildman–Crippen MR) is 233 cm³/mol. The molecule has 0 aliphatic rings. The highest BCUT2D eigenvalue weighted by Crippen LogP contribution is 2.32. The van der Waals surface area contributed by atoms with Crippen LogP contribution in [0.15, 0.2) is 188 Å². The molecule has 0 fully saturated rings. The van der Waals surface area contributed by atoms with Crippen LogP contribution >= 0.6 is 0 Å². The summed E-state index contributed by atoms with van der Waals surface area (Å²) in [4.78, 5) is 57.5. The molecule has 4 aromatic heterocycles. The van der Waals surface area contributed by atoms with Crippen molar-refractivity contribution >= 4 is 43.9 Å². The molecular weight excluding hydrogens is 749 g/mol. The van der Waals surface area contributed by atoms with Crippen LogP contribution in [-0.4, -0.2) is 29.9 Å². The molecule has 4 heterocycles. The largest absolute Gasteiger partial charge is 0.456 e. The summed E-state index contributed by atoms with van der Waals surface area (Å²) in [6.45, 7) is 0. The molecule has 282 valence electrons. The summed E-state index contributed by atoms with van der Waals surface area (Å²) in [5.74, 6) is 2.87. The van der Waals surface area contributed by atoms with Gasteiger partial charge in [-0.1, -0.05) is 127 Å². The summed E-state index contributed by atoms with van der Waals surface area (Å²) in [5, 5.41) is 1.05. The Kier molecular flexibility index (Phi) is 8.19. The summed E-state index contributed by atoms with van der Waals surface area (Å²) in [6.07, 6.45) is 0. The van der Waals surface area contributed by atoms with Gasteiger partial charge in [-0.3, -0.25) is 9.59 Å². The van der Waals surface area contributed by atoms with E-state index in [4.69, 9.17) is 38.7 Å². The molecule has 0 atom stereocenters. The maximum absolute atomic E-state index is 14.3. The fraction of sp³-hybridized carbons (Fsp3) is 0. The molecule has 0 saturated carbocycles. The van der Waals surface area contributed by atoms with E-state index in [1.54, 1.807) is 48.5 Å². The lowest BCUT2D eigenvalue weighted by molar-refractivity contribution is 0.649. The number of fused-ring (bicyclic) bond motifs is 5. The Hall–Kier alpha value is -8.50. The van der Waals surface area contributed by atoms with Crippen molar-refractivity contribution in [2.75, 3.05) is 0 Å². The molecule has 11 rings (SSSR count). The maximum Gasteiger partial charge on any atom is 0.204 e. The van der Waals surface area contributed by atoms with Gasteiger partial charge in [0.1, 0.15) is 22.1 Å². The smallest absolute Gasteiger partial charge is 0.204 e. The van der Waals surface area contributed by atoms with Gasteiger partial charge < -0.3 is 8.83 Å². The van der Waals surface area contributed by atoms with Crippen molar-refractivity contribution in [1.82, 2.24) is 29.9 Å². The van der Waals surface area contributed by atoms with Gasteiger partial charge in [-0.15, -0.1) is 0 Å². The topological polar surface area (TPSA) is 138 Å². The molecular formula is C50H28N6O4. The molecule has 0 radical (unpaired) electrons. The van der Waals surface area contributed by atoms with E-state index >= 15 is 0 Å². The molecule has 0 unspecified atom stereocenters. The van der Waals surface area contributed by atoms with Crippen LogP contribution in [0.2, 0.25) is 0 Å². The third-order valence-corrected chi connectivity index (χ3v) is 10.4. The zero-order chi connectivity index (χ0) is 40.2. The van der Waals surface area contributed by atoms with Crippen molar-refractivity contribution in [3.05, 3.63) is 190 Å². The molecule has 0 aliphatic carbocycles. The molecule has 0 spiro atoms. The summed E-state index contributed by atoms with van der Waals surface area (Å²) in [5.41, 5.74) is 5.02. The van der Waals surface area contributed by atoms with Gasteiger partial charge in [0.15, 0.2) is 40.5 Å². The van der Waals surface area contributed by atoms with Crippen molar-refractivity contribution in [1.29, 1.82) is 0 Å². The summed E-state index contributed by atoms with van der Waals surface area (Å²) in [7, 11) is 0. The fourth-order valence-electron chi connectivity index (χ4n) is 7.40. The van der Waals surface area contributed by atoms with Crippen LogP contribution in [0.5, 0.6) is 0 Å². The minimum absolute atomic E-state index is 0.146. The first-order chi connectivity index (χ1) is 29.5. The normalized spacial score (nSPS) is 11.5. The van der Waals surface area contributed by atoms with E-state index in [2.05, 4.69) is 0 Å². The Morgan fingerprint density at radius 2 is 0.700 bits per heavy atom. The van der Waals surface area contributed by atoms with Crippen molar-refractivity contribution in [3.8, 4) is 68.3 Å². The van der Waals surface area contributed by atoms with Crippen molar-refractivity contribution < 1.29 is 8.83 Å². The van der Waals surface area contributed by atoms with E-state index in [1.165, 1.54) is 0 Å². The monoisotopic (exact) mass is 776 g/mol. The standard InChI is InChI=1S/C50H28N6O4/c57-42-36-24-26-39-41(43(58)35-23-21-34(28-40(35)59-39)50-55-47(31-17-9-3-10-18-31)52-48(56-50)32-19-11-4-12-20-32)44(36)60-38-25-22-33(27-37(38)42)49-53-45(29-13-5-1-6-14-29)51-46(54-49)30-15-7-2-8-16-30/h1-28H. The van der Waals surface area contributed by atoms with E-state index in [0.29, 0.717) is 68.0 Å². The van der Waals surface area contributed by atoms with E-state index < -0.39 is 0 Å². The van der Waals surface area contributed by atoms with Crippen LogP contribution in [0.25, 0.3) is 112 Å². The molecule has 11 aromatic rings. The lowest BCUT2D eigenvalue weighted by atomic mass is 10.0. The molecule has 10 heteroatoms. The van der Waals surface area contributed by atoms with Crippen LogP contribution in [0.1, 0.15) is 0 Å². The number of rotatable bonds is 6. The Labute approximate surface area is 340 Å². The lowest BCUT2D eigenvalue weighted by Gasteiger charge is -2.10. The second-order valence-electron chi connectivity index (χ2n) is 14.2. The van der Waals surface area contributed by atoms with Crippen LogP contribution in [-0.2, 0) is 0 Å². The third kappa shape index (κ3) is 6.07. The van der Waals surface area contributed by atoms with E-state index in [0.717, 1.165) is 22.3 Å². The van der Waals surface area contributed by atoms with Crippen LogP contribution < -0.4 is 10.9 Å². The lowest BCUT2D eigenvalue weighted by Crippen LogP contribution is -2.08. The van der Waals surface area contributed by atoms with Gasteiger partial charge in [-0.25, -0.2) is 29.9 Å². The summed E-state index contributed by atoms with van der Waals surface area (Å²) < 4.78 is 12.8. The van der Waals surface area contributed by atoms with Gasteiger partial charge in [0.25, 0.3) is 0 Å². The average Bonchev–Trinajstić information content (AvgIpc) is 3.32. The zero-order valence-corrected chi connectivity index (χ0v) is 31.5. The van der Waals surface area contributed by atoms with Gasteiger partial charge in [-0.05, 0) is 42.5 Å². The van der Waals surface area contributed by atoms with Crippen molar-refractivity contribution in [2.45, 2.75) is 0 Å². The first-order valence-electron chi connectivity index (χ1n) is 19.2. The number of benzene rings is 7. The van der Waals surface area contributed by atoms with E-state index in [1.807, 2.05) is 121 Å². The molecule has 0 amide bonds. The fourth-order valence-corrected chi connectivity index (χ4v) is 7.40. The third-order valence-electron chi connectivity index (χ3n) is 10.4. The number of aromatic nitrogens is 6. The highest BCUT2D eigenvalue weighted by molar-refractivity contribution is 6.07. The van der Waals surface area contributed by atoms with Crippen molar-refractivity contribution in [2.24, 2.45) is 0 Å². The van der Waals surface area contributed by atoms with Gasteiger partial charge in [0.05, 0.1) is 16.2 Å². The SMILES string of the molecule is O=c1c2cc(-c3nc(-c4ccccc4)nc(-c4ccccc4)n3)ccc2oc2c1ccc1oc3cc(-c4nc(-c5ccccc5)nc(-c5ccccc5)n4)ccc3c(=O)c12. The second kappa shape index (κ2) is 14.2. The Balaban J connectivity index is 1.03. The zero-order valence-electron chi connectivity index (χ0n) is 31.5. The van der Waals surface area contributed by atoms with Gasteiger partial charge in [0.2, 0.25) is 10.9 Å². The molecule has 60 heavy (non-hydrogen) atoms. The maximum atomic E-state index is 14.3. The highest BCUT2D eigenvalue weighted by atomic mass is 16.3. The highest BCUT2D eigenvalue weighted by Gasteiger charge is 2.20. The minimum Gasteiger partial charge on any atom is -0.456 e. The Morgan fingerprint density at radius 3 is 1.18 bits per heavy atom. The molecule has 10 nitrogen and oxygen atoms in total. The first kappa shape index (κ1) is 34.7. The van der Waals surface area contributed by atoms with Crippen molar-refractivity contribution in [3.63, 3.8) is 0 Å². The summed E-state index contributed by atoms with van der Waals surface area (Å²) in [6, 6.07) is 52.5. The van der Waals surface area contributed by atoms with E-state index in [9.17, 15) is 9.59 Å². The Morgan fingerprint density at radius 1 is 0.300 bits per heavy atom. The number of hydrogen-bond donors (Lipinski definition) is 0. The quantitative estimate of drug-likeness (QED) is 0.118. The van der Waals surface area contributed by atoms with Crippen LogP contribution in [0, 0.1) is 0 Å². The summed E-state index contributed by atoms with van der Waals surface area (Å²) >= 11 is 0. The van der Waals surface area contributed by atoms with E-state index in [-0.39, 0.29) is 32.8 Å².